The quantitative estimate of drug-likeness (QED) is 0.419. The summed E-state index contributed by atoms with van der Waals surface area (Å²) in [5, 5.41) is 10.8. The maximum Gasteiger partial charge on any atom is 0.273 e. The van der Waals surface area contributed by atoms with E-state index >= 15 is 0 Å². The van der Waals surface area contributed by atoms with Gasteiger partial charge in [0, 0.05) is 12.6 Å². The summed E-state index contributed by atoms with van der Waals surface area (Å²) in [6, 6.07) is 4.46. The molecule has 0 atom stereocenters. The molecule has 0 aliphatic carbocycles. The largest absolute Gasteiger partial charge is 0.490 e. The standard InChI is InChI=1S/C15H22N2O4/c1-2-20-14-7-6-13(17(18)19)12-15(14)21-11-5-10-16-8-3-4-9-16/h6-7,12H,2-5,8-11H2,1H3. The first-order valence-corrected chi connectivity index (χ1v) is 7.47. The molecule has 0 bridgehead atoms. The fraction of sp³-hybridized carbons (Fsp3) is 0.600. The summed E-state index contributed by atoms with van der Waals surface area (Å²) >= 11 is 0. The Morgan fingerprint density at radius 3 is 2.67 bits per heavy atom. The highest BCUT2D eigenvalue weighted by Crippen LogP contribution is 2.31. The van der Waals surface area contributed by atoms with Crippen LogP contribution >= 0.6 is 0 Å². The lowest BCUT2D eigenvalue weighted by Gasteiger charge is -2.15. The summed E-state index contributed by atoms with van der Waals surface area (Å²) in [5.41, 5.74) is 0.0213. The van der Waals surface area contributed by atoms with Gasteiger partial charge in [-0.1, -0.05) is 0 Å². The van der Waals surface area contributed by atoms with Crippen molar-refractivity contribution in [1.82, 2.24) is 4.90 Å². The van der Waals surface area contributed by atoms with Crippen molar-refractivity contribution in [1.29, 1.82) is 0 Å². The van der Waals surface area contributed by atoms with E-state index in [1.165, 1.54) is 38.1 Å². The fourth-order valence-corrected chi connectivity index (χ4v) is 2.47. The van der Waals surface area contributed by atoms with Crippen LogP contribution in [0.2, 0.25) is 0 Å². The van der Waals surface area contributed by atoms with Gasteiger partial charge < -0.3 is 14.4 Å². The van der Waals surface area contributed by atoms with Gasteiger partial charge in [-0.3, -0.25) is 10.1 Å². The van der Waals surface area contributed by atoms with Gasteiger partial charge in [0.15, 0.2) is 11.5 Å². The Balaban J connectivity index is 1.89. The number of non-ortho nitro benzene ring substituents is 1. The van der Waals surface area contributed by atoms with E-state index in [1.807, 2.05) is 6.92 Å². The first kappa shape index (κ1) is 15.6. The number of benzene rings is 1. The van der Waals surface area contributed by atoms with Crippen LogP contribution in [-0.2, 0) is 0 Å². The Morgan fingerprint density at radius 2 is 2.00 bits per heavy atom. The van der Waals surface area contributed by atoms with Crippen LogP contribution in [0.15, 0.2) is 18.2 Å². The highest BCUT2D eigenvalue weighted by molar-refractivity contribution is 5.48. The molecule has 1 aromatic rings. The van der Waals surface area contributed by atoms with Gasteiger partial charge in [-0.25, -0.2) is 0 Å². The Kier molecular flexibility index (Phi) is 5.80. The van der Waals surface area contributed by atoms with Gasteiger partial charge in [0.1, 0.15) is 0 Å². The van der Waals surface area contributed by atoms with Crippen LogP contribution in [0.1, 0.15) is 26.2 Å². The maximum atomic E-state index is 10.8. The molecule has 21 heavy (non-hydrogen) atoms. The first-order valence-electron chi connectivity index (χ1n) is 7.47. The van der Waals surface area contributed by atoms with Crippen molar-refractivity contribution < 1.29 is 14.4 Å². The molecule has 1 aliphatic rings. The van der Waals surface area contributed by atoms with Gasteiger partial charge in [-0.15, -0.1) is 0 Å². The van der Waals surface area contributed by atoms with Crippen LogP contribution in [0.3, 0.4) is 0 Å². The molecule has 0 unspecified atom stereocenters. The lowest BCUT2D eigenvalue weighted by molar-refractivity contribution is -0.385. The Bertz CT molecular complexity index is 473. The Labute approximate surface area is 124 Å². The highest BCUT2D eigenvalue weighted by Gasteiger charge is 2.14. The summed E-state index contributed by atoms with van der Waals surface area (Å²) in [4.78, 5) is 12.8. The van der Waals surface area contributed by atoms with Crippen LogP contribution in [0.25, 0.3) is 0 Å². The van der Waals surface area contributed by atoms with E-state index in [9.17, 15) is 10.1 Å². The SMILES string of the molecule is CCOc1ccc([N+](=O)[O-])cc1OCCCN1CCCC1. The van der Waals surface area contributed by atoms with Gasteiger partial charge in [-0.05, 0) is 45.3 Å². The fourth-order valence-electron chi connectivity index (χ4n) is 2.47. The minimum absolute atomic E-state index is 0.0213. The molecule has 1 heterocycles. The van der Waals surface area contributed by atoms with Crippen LogP contribution in [0.5, 0.6) is 11.5 Å². The van der Waals surface area contributed by atoms with E-state index in [-0.39, 0.29) is 5.69 Å². The molecule has 1 fully saturated rings. The van der Waals surface area contributed by atoms with Crippen LogP contribution in [0.4, 0.5) is 5.69 Å². The van der Waals surface area contributed by atoms with Gasteiger partial charge in [0.25, 0.3) is 5.69 Å². The van der Waals surface area contributed by atoms with Gasteiger partial charge in [0.05, 0.1) is 24.2 Å². The number of nitro benzene ring substituents is 1. The van der Waals surface area contributed by atoms with Crippen LogP contribution in [0, 0.1) is 10.1 Å². The zero-order valence-electron chi connectivity index (χ0n) is 12.4. The molecular weight excluding hydrogens is 272 g/mol. The average Bonchev–Trinajstić information content (AvgIpc) is 2.98. The molecule has 116 valence electrons. The third-order valence-electron chi connectivity index (χ3n) is 3.51. The Morgan fingerprint density at radius 1 is 1.24 bits per heavy atom. The number of hydrogen-bond acceptors (Lipinski definition) is 5. The summed E-state index contributed by atoms with van der Waals surface area (Å²) in [6.07, 6.45) is 3.47. The van der Waals surface area contributed by atoms with Gasteiger partial charge >= 0.3 is 0 Å². The highest BCUT2D eigenvalue weighted by atomic mass is 16.6. The van der Waals surface area contributed by atoms with Crippen molar-refractivity contribution in [3.8, 4) is 11.5 Å². The lowest BCUT2D eigenvalue weighted by Crippen LogP contribution is -2.21. The third-order valence-corrected chi connectivity index (χ3v) is 3.51. The number of nitro groups is 1. The number of ether oxygens (including phenoxy) is 2. The van der Waals surface area contributed by atoms with Crippen molar-refractivity contribution in [3.05, 3.63) is 28.3 Å². The molecule has 0 N–H and O–H groups in total. The van der Waals surface area contributed by atoms with E-state index in [2.05, 4.69) is 4.90 Å². The summed E-state index contributed by atoms with van der Waals surface area (Å²) in [5.74, 6) is 1.01. The second kappa shape index (κ2) is 7.83. The second-order valence-electron chi connectivity index (χ2n) is 5.07. The second-order valence-corrected chi connectivity index (χ2v) is 5.07. The first-order chi connectivity index (χ1) is 10.2. The lowest BCUT2D eigenvalue weighted by atomic mass is 10.3. The van der Waals surface area contributed by atoms with Gasteiger partial charge in [-0.2, -0.15) is 0 Å². The molecule has 1 aliphatic heterocycles. The number of rotatable bonds is 8. The predicted molar refractivity (Wildman–Crippen MR) is 80.1 cm³/mol. The normalized spacial score (nSPS) is 15.1. The van der Waals surface area contributed by atoms with E-state index in [0.717, 1.165) is 13.0 Å². The molecule has 0 spiro atoms. The van der Waals surface area contributed by atoms with Crippen LogP contribution < -0.4 is 9.47 Å². The van der Waals surface area contributed by atoms with Crippen molar-refractivity contribution in [3.63, 3.8) is 0 Å². The monoisotopic (exact) mass is 294 g/mol. The molecule has 1 aromatic carbocycles. The molecule has 2 rings (SSSR count). The zero-order chi connectivity index (χ0) is 15.1. The zero-order valence-corrected chi connectivity index (χ0v) is 12.4. The smallest absolute Gasteiger partial charge is 0.273 e. The van der Waals surface area contributed by atoms with E-state index in [1.54, 1.807) is 6.07 Å². The van der Waals surface area contributed by atoms with Crippen molar-refractivity contribution in [2.24, 2.45) is 0 Å². The maximum absolute atomic E-state index is 10.8. The Hall–Kier alpha value is -1.82. The average molecular weight is 294 g/mol. The minimum Gasteiger partial charge on any atom is -0.490 e. The number of likely N-dealkylation sites (tertiary alicyclic amines) is 1. The predicted octanol–water partition coefficient (Wildman–Crippen LogP) is 2.86. The molecule has 0 aromatic heterocycles. The third kappa shape index (κ3) is 4.60. The van der Waals surface area contributed by atoms with E-state index in [4.69, 9.17) is 9.47 Å². The summed E-state index contributed by atoms with van der Waals surface area (Å²) in [7, 11) is 0. The molecule has 0 amide bonds. The van der Waals surface area contributed by atoms with Crippen molar-refractivity contribution in [2.45, 2.75) is 26.2 Å². The van der Waals surface area contributed by atoms with E-state index in [0.29, 0.717) is 24.7 Å². The van der Waals surface area contributed by atoms with Gasteiger partial charge in [0.2, 0.25) is 0 Å². The summed E-state index contributed by atoms with van der Waals surface area (Å²) < 4.78 is 11.1. The number of hydrogen-bond donors (Lipinski definition) is 0. The van der Waals surface area contributed by atoms with E-state index < -0.39 is 4.92 Å². The van der Waals surface area contributed by atoms with Crippen molar-refractivity contribution in [2.75, 3.05) is 32.8 Å². The molecule has 1 saturated heterocycles. The molecule has 6 heteroatoms. The topological polar surface area (TPSA) is 64.8 Å². The van der Waals surface area contributed by atoms with Crippen LogP contribution in [-0.4, -0.2) is 42.7 Å². The number of nitrogens with zero attached hydrogens (tertiary/aromatic N) is 2. The molecule has 6 nitrogen and oxygen atoms in total. The minimum atomic E-state index is -0.424. The van der Waals surface area contributed by atoms with Crippen molar-refractivity contribution >= 4 is 5.69 Å². The molecule has 0 radical (unpaired) electrons. The molecular formula is C15H22N2O4. The molecule has 0 saturated carbocycles. The summed E-state index contributed by atoms with van der Waals surface area (Å²) in [6.45, 7) is 6.26.